The summed E-state index contributed by atoms with van der Waals surface area (Å²) in [5.74, 6) is 1.07. The molecular formula is C20H19FN4O. The molecule has 1 aliphatic rings. The molecule has 4 rings (SSSR count). The van der Waals surface area contributed by atoms with Crippen molar-refractivity contribution in [2.24, 2.45) is 0 Å². The van der Waals surface area contributed by atoms with Gasteiger partial charge in [0.1, 0.15) is 11.6 Å². The van der Waals surface area contributed by atoms with Crippen molar-refractivity contribution in [2.45, 2.75) is 0 Å². The minimum atomic E-state index is -0.266. The van der Waals surface area contributed by atoms with Crippen molar-refractivity contribution >= 4 is 17.5 Å². The fourth-order valence-electron chi connectivity index (χ4n) is 2.84. The van der Waals surface area contributed by atoms with Gasteiger partial charge in [-0.25, -0.2) is 9.37 Å². The molecule has 132 valence electrons. The SMILES string of the molecule is Fc1ccc(Nc2cc(-c3ccccc3)nc(N3CCOCC3)n2)cc1. The van der Waals surface area contributed by atoms with Crippen molar-refractivity contribution in [3.05, 3.63) is 66.5 Å². The number of halogens is 1. The summed E-state index contributed by atoms with van der Waals surface area (Å²) in [5.41, 5.74) is 2.63. The Balaban J connectivity index is 1.70. The summed E-state index contributed by atoms with van der Waals surface area (Å²) in [5, 5.41) is 3.25. The second kappa shape index (κ2) is 7.49. The van der Waals surface area contributed by atoms with Gasteiger partial charge in [0.05, 0.1) is 18.9 Å². The van der Waals surface area contributed by atoms with Crippen molar-refractivity contribution in [3.63, 3.8) is 0 Å². The van der Waals surface area contributed by atoms with Crippen molar-refractivity contribution in [1.29, 1.82) is 0 Å². The van der Waals surface area contributed by atoms with Crippen LogP contribution in [0.3, 0.4) is 0 Å². The molecule has 2 heterocycles. The fourth-order valence-corrected chi connectivity index (χ4v) is 2.84. The number of nitrogens with zero attached hydrogens (tertiary/aromatic N) is 3. The lowest BCUT2D eigenvalue weighted by atomic mass is 10.1. The van der Waals surface area contributed by atoms with Crippen LogP contribution < -0.4 is 10.2 Å². The molecule has 0 saturated carbocycles. The van der Waals surface area contributed by atoms with E-state index in [4.69, 9.17) is 9.72 Å². The molecule has 1 aromatic heterocycles. The molecule has 0 amide bonds. The Morgan fingerprint density at radius 3 is 2.38 bits per heavy atom. The molecule has 1 saturated heterocycles. The number of morpholine rings is 1. The molecule has 0 unspecified atom stereocenters. The van der Waals surface area contributed by atoms with Crippen LogP contribution in [0.4, 0.5) is 21.8 Å². The van der Waals surface area contributed by atoms with Crippen LogP contribution in [0, 0.1) is 5.82 Å². The molecule has 26 heavy (non-hydrogen) atoms. The molecule has 5 nitrogen and oxygen atoms in total. The smallest absolute Gasteiger partial charge is 0.228 e. The lowest BCUT2D eigenvalue weighted by Crippen LogP contribution is -2.37. The van der Waals surface area contributed by atoms with E-state index in [2.05, 4.69) is 15.2 Å². The third kappa shape index (κ3) is 3.81. The zero-order chi connectivity index (χ0) is 17.8. The minimum Gasteiger partial charge on any atom is -0.378 e. The van der Waals surface area contributed by atoms with Crippen LogP contribution in [0.15, 0.2) is 60.7 Å². The number of rotatable bonds is 4. The van der Waals surface area contributed by atoms with E-state index < -0.39 is 0 Å². The Morgan fingerprint density at radius 2 is 1.65 bits per heavy atom. The van der Waals surface area contributed by atoms with E-state index in [0.717, 1.165) is 30.0 Å². The van der Waals surface area contributed by atoms with Gasteiger partial charge in [-0.1, -0.05) is 30.3 Å². The van der Waals surface area contributed by atoms with Gasteiger partial charge in [0, 0.05) is 30.4 Å². The molecule has 1 fully saturated rings. The van der Waals surface area contributed by atoms with E-state index in [1.165, 1.54) is 12.1 Å². The number of nitrogens with one attached hydrogen (secondary N) is 1. The van der Waals surface area contributed by atoms with Crippen molar-refractivity contribution in [3.8, 4) is 11.3 Å². The predicted octanol–water partition coefficient (Wildman–Crippen LogP) is 3.86. The molecule has 1 aliphatic heterocycles. The van der Waals surface area contributed by atoms with Crippen molar-refractivity contribution in [2.75, 3.05) is 36.5 Å². The third-order valence-electron chi connectivity index (χ3n) is 4.19. The highest BCUT2D eigenvalue weighted by atomic mass is 19.1. The largest absolute Gasteiger partial charge is 0.378 e. The number of hydrogen-bond donors (Lipinski definition) is 1. The molecule has 0 bridgehead atoms. The zero-order valence-electron chi connectivity index (χ0n) is 14.2. The molecule has 0 radical (unpaired) electrons. The highest BCUT2D eigenvalue weighted by Crippen LogP contribution is 2.25. The quantitative estimate of drug-likeness (QED) is 0.774. The Bertz CT molecular complexity index is 865. The number of anilines is 3. The standard InChI is InChI=1S/C20H19FN4O/c21-16-6-8-17(9-7-16)22-19-14-18(15-4-2-1-3-5-15)23-20(24-19)25-10-12-26-13-11-25/h1-9,14H,10-13H2,(H,22,23,24). The molecular weight excluding hydrogens is 331 g/mol. The second-order valence-electron chi connectivity index (χ2n) is 6.04. The van der Waals surface area contributed by atoms with E-state index in [1.807, 2.05) is 36.4 Å². The van der Waals surface area contributed by atoms with E-state index >= 15 is 0 Å². The predicted molar refractivity (Wildman–Crippen MR) is 100 cm³/mol. The molecule has 0 spiro atoms. The fraction of sp³-hybridized carbons (Fsp3) is 0.200. The number of hydrogen-bond acceptors (Lipinski definition) is 5. The summed E-state index contributed by atoms with van der Waals surface area (Å²) < 4.78 is 18.6. The first-order valence-corrected chi connectivity index (χ1v) is 8.58. The number of aromatic nitrogens is 2. The van der Waals surface area contributed by atoms with Crippen molar-refractivity contribution in [1.82, 2.24) is 9.97 Å². The Hall–Kier alpha value is -2.99. The Kier molecular flexibility index (Phi) is 4.75. The number of ether oxygens (including phenoxy) is 1. The van der Waals surface area contributed by atoms with Gasteiger partial charge in [0.15, 0.2) is 0 Å². The third-order valence-corrected chi connectivity index (χ3v) is 4.19. The van der Waals surface area contributed by atoms with Crippen LogP contribution in [0.2, 0.25) is 0 Å². The van der Waals surface area contributed by atoms with E-state index in [9.17, 15) is 4.39 Å². The van der Waals surface area contributed by atoms with Crippen LogP contribution in [0.1, 0.15) is 0 Å². The summed E-state index contributed by atoms with van der Waals surface area (Å²) >= 11 is 0. The monoisotopic (exact) mass is 350 g/mol. The van der Waals surface area contributed by atoms with Gasteiger partial charge in [-0.2, -0.15) is 4.98 Å². The van der Waals surface area contributed by atoms with Gasteiger partial charge in [0.25, 0.3) is 0 Å². The average molecular weight is 350 g/mol. The molecule has 3 aromatic rings. The topological polar surface area (TPSA) is 50.3 Å². The van der Waals surface area contributed by atoms with Crippen LogP contribution in [-0.2, 0) is 4.74 Å². The van der Waals surface area contributed by atoms with E-state index in [1.54, 1.807) is 12.1 Å². The van der Waals surface area contributed by atoms with Crippen LogP contribution in [-0.4, -0.2) is 36.3 Å². The van der Waals surface area contributed by atoms with Gasteiger partial charge < -0.3 is 15.0 Å². The molecule has 2 aromatic carbocycles. The summed E-state index contributed by atoms with van der Waals surface area (Å²) in [4.78, 5) is 11.5. The van der Waals surface area contributed by atoms with E-state index in [-0.39, 0.29) is 5.82 Å². The maximum absolute atomic E-state index is 13.1. The van der Waals surface area contributed by atoms with Gasteiger partial charge >= 0.3 is 0 Å². The van der Waals surface area contributed by atoms with Crippen LogP contribution >= 0.6 is 0 Å². The van der Waals surface area contributed by atoms with Crippen molar-refractivity contribution < 1.29 is 9.13 Å². The van der Waals surface area contributed by atoms with E-state index in [0.29, 0.717) is 25.0 Å². The van der Waals surface area contributed by atoms with Gasteiger partial charge in [-0.3, -0.25) is 0 Å². The normalized spacial score (nSPS) is 14.3. The highest BCUT2D eigenvalue weighted by molar-refractivity contribution is 5.67. The first-order chi connectivity index (χ1) is 12.8. The summed E-state index contributed by atoms with van der Waals surface area (Å²) in [7, 11) is 0. The zero-order valence-corrected chi connectivity index (χ0v) is 14.2. The first-order valence-electron chi connectivity index (χ1n) is 8.58. The lowest BCUT2D eigenvalue weighted by Gasteiger charge is -2.27. The summed E-state index contributed by atoms with van der Waals surface area (Å²) in [6.07, 6.45) is 0. The highest BCUT2D eigenvalue weighted by Gasteiger charge is 2.16. The Labute approximate surface area is 151 Å². The molecule has 6 heteroatoms. The maximum Gasteiger partial charge on any atom is 0.228 e. The van der Waals surface area contributed by atoms with Gasteiger partial charge in [-0.15, -0.1) is 0 Å². The number of benzene rings is 2. The lowest BCUT2D eigenvalue weighted by molar-refractivity contribution is 0.122. The second-order valence-corrected chi connectivity index (χ2v) is 6.04. The van der Waals surface area contributed by atoms with Gasteiger partial charge in [-0.05, 0) is 24.3 Å². The first kappa shape index (κ1) is 16.5. The van der Waals surface area contributed by atoms with Gasteiger partial charge in [0.2, 0.25) is 5.95 Å². The molecule has 0 atom stereocenters. The molecule has 1 N–H and O–H groups in total. The average Bonchev–Trinajstić information content (AvgIpc) is 2.71. The summed E-state index contributed by atoms with van der Waals surface area (Å²) in [6.45, 7) is 2.85. The maximum atomic E-state index is 13.1. The Morgan fingerprint density at radius 1 is 0.923 bits per heavy atom. The minimum absolute atomic E-state index is 0.266. The molecule has 0 aliphatic carbocycles. The van der Waals surface area contributed by atoms with Crippen LogP contribution in [0.25, 0.3) is 11.3 Å². The summed E-state index contributed by atoms with van der Waals surface area (Å²) in [6, 6.07) is 18.1. The van der Waals surface area contributed by atoms with Crippen LogP contribution in [0.5, 0.6) is 0 Å².